The van der Waals surface area contributed by atoms with Gasteiger partial charge < -0.3 is 20.9 Å². The van der Waals surface area contributed by atoms with Crippen molar-refractivity contribution in [1.82, 2.24) is 15.1 Å². The normalized spacial score (nSPS) is 12.4. The van der Waals surface area contributed by atoms with Gasteiger partial charge >= 0.3 is 0 Å². The fraction of sp³-hybridized carbons (Fsp3) is 0.714. The third-order valence-electron chi connectivity index (χ3n) is 7.98. The van der Waals surface area contributed by atoms with Gasteiger partial charge in [0.2, 0.25) is 0 Å². The Balaban J connectivity index is 1.58. The molecule has 2 rings (SSSR count). The summed E-state index contributed by atoms with van der Waals surface area (Å²) in [6, 6.07) is 6.97. The first-order valence-corrected chi connectivity index (χ1v) is 17.0. The highest BCUT2D eigenvalue weighted by Gasteiger charge is 2.22. The van der Waals surface area contributed by atoms with Crippen molar-refractivity contribution in [3.63, 3.8) is 0 Å². The second-order valence-corrected chi connectivity index (χ2v) is 13.1. The van der Waals surface area contributed by atoms with Crippen molar-refractivity contribution in [2.75, 3.05) is 24.8 Å². The molecule has 1 aromatic heterocycles. The Labute approximate surface area is 262 Å². The van der Waals surface area contributed by atoms with Gasteiger partial charge in [0.05, 0.1) is 18.3 Å². The molecule has 1 aromatic carbocycles. The standard InChI is InChI=1S/C35H62N6O2/c1-6-7-8-9-10-11-12-13-14-15-16-17-18-19-20-21-24-42-30-23-22-29(36)25-31(30)43-27-39-28(2)34(38)41-33(37)26-32(40-41)35(3,4)5/h22-23,25-26,28,38-39H,6-21,24,27,36-37H2,1-5H3. The Morgan fingerprint density at radius 1 is 0.814 bits per heavy atom. The van der Waals surface area contributed by atoms with Gasteiger partial charge in [-0.25, -0.2) is 4.68 Å². The molecule has 0 aliphatic carbocycles. The number of ether oxygens (including phenoxy) is 2. The molecule has 2 aromatic rings. The molecule has 8 nitrogen and oxygen atoms in total. The zero-order valence-electron chi connectivity index (χ0n) is 28.0. The van der Waals surface area contributed by atoms with Crippen LogP contribution in [0, 0.1) is 5.41 Å². The van der Waals surface area contributed by atoms with Crippen molar-refractivity contribution in [2.24, 2.45) is 0 Å². The van der Waals surface area contributed by atoms with Crippen molar-refractivity contribution in [3.05, 3.63) is 30.0 Å². The second-order valence-electron chi connectivity index (χ2n) is 13.1. The first kappa shape index (κ1) is 36.5. The van der Waals surface area contributed by atoms with Crippen LogP contribution in [0.5, 0.6) is 11.5 Å². The lowest BCUT2D eigenvalue weighted by atomic mass is 9.92. The Kier molecular flexibility index (Phi) is 17.2. The first-order valence-electron chi connectivity index (χ1n) is 17.0. The third kappa shape index (κ3) is 14.5. The molecule has 0 saturated carbocycles. The molecule has 244 valence electrons. The molecule has 1 heterocycles. The zero-order valence-corrected chi connectivity index (χ0v) is 28.0. The number of unbranched alkanes of at least 4 members (excludes halogenated alkanes) is 15. The summed E-state index contributed by atoms with van der Waals surface area (Å²) < 4.78 is 13.5. The van der Waals surface area contributed by atoms with E-state index < -0.39 is 0 Å². The first-order chi connectivity index (χ1) is 20.6. The molecule has 8 heteroatoms. The van der Waals surface area contributed by atoms with Crippen molar-refractivity contribution in [1.29, 1.82) is 5.41 Å². The maximum absolute atomic E-state index is 8.56. The summed E-state index contributed by atoms with van der Waals surface area (Å²) in [5, 5.41) is 16.3. The Morgan fingerprint density at radius 2 is 1.35 bits per heavy atom. The molecular weight excluding hydrogens is 536 g/mol. The fourth-order valence-electron chi connectivity index (χ4n) is 5.07. The van der Waals surface area contributed by atoms with Gasteiger partial charge in [-0.15, -0.1) is 0 Å². The Hall–Kier alpha value is -2.74. The molecular formula is C35H62N6O2. The van der Waals surface area contributed by atoms with E-state index in [4.69, 9.17) is 26.4 Å². The average Bonchev–Trinajstić information content (AvgIpc) is 3.37. The van der Waals surface area contributed by atoms with Crippen LogP contribution in [0.15, 0.2) is 24.3 Å². The Morgan fingerprint density at radius 3 is 1.86 bits per heavy atom. The lowest BCUT2D eigenvalue weighted by Crippen LogP contribution is -2.40. The van der Waals surface area contributed by atoms with Gasteiger partial charge in [0.25, 0.3) is 0 Å². The highest BCUT2D eigenvalue weighted by Crippen LogP contribution is 2.30. The quantitative estimate of drug-likeness (QED) is 0.0333. The van der Waals surface area contributed by atoms with E-state index in [9.17, 15) is 0 Å². The molecule has 0 saturated heterocycles. The molecule has 0 aliphatic heterocycles. The zero-order chi connectivity index (χ0) is 31.5. The van der Waals surface area contributed by atoms with Crippen LogP contribution in [0.4, 0.5) is 11.5 Å². The molecule has 0 spiro atoms. The number of hydrogen-bond acceptors (Lipinski definition) is 7. The summed E-state index contributed by atoms with van der Waals surface area (Å²) in [7, 11) is 0. The highest BCUT2D eigenvalue weighted by molar-refractivity contribution is 5.88. The van der Waals surface area contributed by atoms with Gasteiger partial charge in [-0.2, -0.15) is 5.10 Å². The number of aromatic nitrogens is 2. The minimum Gasteiger partial charge on any atom is -0.490 e. The maximum Gasteiger partial charge on any atom is 0.165 e. The lowest BCUT2D eigenvalue weighted by Gasteiger charge is -2.18. The van der Waals surface area contributed by atoms with E-state index in [2.05, 4.69) is 38.1 Å². The predicted octanol–water partition coefficient (Wildman–Crippen LogP) is 8.83. The predicted molar refractivity (Wildman–Crippen MR) is 182 cm³/mol. The summed E-state index contributed by atoms with van der Waals surface area (Å²) in [5.74, 6) is 1.98. The Bertz CT molecular complexity index is 1050. The average molecular weight is 599 g/mol. The van der Waals surface area contributed by atoms with Crippen LogP contribution in [-0.2, 0) is 5.41 Å². The minimum atomic E-state index is -0.328. The maximum atomic E-state index is 8.56. The number of nitrogens with two attached hydrogens (primary N) is 2. The van der Waals surface area contributed by atoms with Crippen LogP contribution in [0.2, 0.25) is 0 Å². The van der Waals surface area contributed by atoms with Gasteiger partial charge in [-0.1, -0.05) is 124 Å². The molecule has 6 N–H and O–H groups in total. The molecule has 1 unspecified atom stereocenters. The van der Waals surface area contributed by atoms with Crippen molar-refractivity contribution >= 4 is 17.3 Å². The summed E-state index contributed by atoms with van der Waals surface area (Å²) >= 11 is 0. The fourth-order valence-corrected chi connectivity index (χ4v) is 5.07. The van der Waals surface area contributed by atoms with E-state index in [1.165, 1.54) is 101 Å². The van der Waals surface area contributed by atoms with Crippen LogP contribution >= 0.6 is 0 Å². The van der Waals surface area contributed by atoms with Gasteiger partial charge in [0, 0.05) is 23.2 Å². The molecule has 0 bridgehead atoms. The largest absolute Gasteiger partial charge is 0.490 e. The third-order valence-corrected chi connectivity index (χ3v) is 7.98. The lowest BCUT2D eigenvalue weighted by molar-refractivity contribution is 0.245. The van der Waals surface area contributed by atoms with Gasteiger partial charge in [0.15, 0.2) is 11.5 Å². The summed E-state index contributed by atoms with van der Waals surface area (Å²) in [4.78, 5) is 0. The SMILES string of the molecule is CCCCCCCCCCCCCCCCCCOc1ccc(N)cc1OCNC(C)C(=N)n1nc(C(C)(C)C)cc1N. The smallest absolute Gasteiger partial charge is 0.165 e. The summed E-state index contributed by atoms with van der Waals surface area (Å²) in [6.07, 6.45) is 21.6. The molecule has 0 fully saturated rings. The van der Waals surface area contributed by atoms with Gasteiger partial charge in [-0.05, 0) is 25.5 Å². The number of benzene rings is 1. The van der Waals surface area contributed by atoms with E-state index in [1.54, 1.807) is 6.07 Å². The number of nitrogen functional groups attached to an aromatic ring is 2. The topological polar surface area (TPSA) is 124 Å². The molecule has 1 atom stereocenters. The number of nitrogens with zero attached hydrogens (tertiary/aromatic N) is 2. The van der Waals surface area contributed by atoms with Crippen LogP contribution in [-0.4, -0.2) is 35.0 Å². The molecule has 0 amide bonds. The second kappa shape index (κ2) is 20.3. The number of nitrogens with one attached hydrogen (secondary N) is 2. The van der Waals surface area contributed by atoms with Crippen molar-refractivity contribution in [2.45, 2.75) is 149 Å². The summed E-state index contributed by atoms with van der Waals surface area (Å²) in [6.45, 7) is 11.2. The van der Waals surface area contributed by atoms with Crippen molar-refractivity contribution < 1.29 is 9.47 Å². The van der Waals surface area contributed by atoms with E-state index in [0.717, 1.165) is 12.1 Å². The summed E-state index contributed by atoms with van der Waals surface area (Å²) in [5.41, 5.74) is 13.5. The van der Waals surface area contributed by atoms with Crippen LogP contribution in [0.1, 0.15) is 143 Å². The number of rotatable bonds is 23. The van der Waals surface area contributed by atoms with E-state index >= 15 is 0 Å². The van der Waals surface area contributed by atoms with Crippen LogP contribution < -0.4 is 26.3 Å². The van der Waals surface area contributed by atoms with Gasteiger partial charge in [0.1, 0.15) is 18.4 Å². The van der Waals surface area contributed by atoms with Gasteiger partial charge in [-0.3, -0.25) is 10.7 Å². The molecule has 0 aliphatic rings. The van der Waals surface area contributed by atoms with E-state index in [-0.39, 0.29) is 24.0 Å². The highest BCUT2D eigenvalue weighted by atomic mass is 16.5. The van der Waals surface area contributed by atoms with Crippen LogP contribution in [0.25, 0.3) is 0 Å². The van der Waals surface area contributed by atoms with Crippen LogP contribution in [0.3, 0.4) is 0 Å². The van der Waals surface area contributed by atoms with E-state index in [0.29, 0.717) is 29.6 Å². The molecule has 0 radical (unpaired) electrons. The number of hydrogen-bond donors (Lipinski definition) is 4. The molecule has 43 heavy (non-hydrogen) atoms. The number of anilines is 2. The minimum absolute atomic E-state index is 0.144. The van der Waals surface area contributed by atoms with Crippen molar-refractivity contribution in [3.8, 4) is 11.5 Å². The van der Waals surface area contributed by atoms with E-state index in [1.807, 2.05) is 25.1 Å². The monoisotopic (exact) mass is 598 g/mol.